The Morgan fingerprint density at radius 3 is 3.00 bits per heavy atom. The number of aliphatic hydroxyl groups excluding tert-OH is 1. The van der Waals surface area contributed by atoms with Gasteiger partial charge in [0.25, 0.3) is 0 Å². The van der Waals surface area contributed by atoms with Gasteiger partial charge in [-0.1, -0.05) is 0 Å². The van der Waals surface area contributed by atoms with Crippen LogP contribution >= 0.6 is 11.8 Å². The zero-order valence-corrected chi connectivity index (χ0v) is 10.7. The van der Waals surface area contributed by atoms with E-state index in [9.17, 15) is 4.79 Å². The van der Waals surface area contributed by atoms with Crippen LogP contribution in [-0.2, 0) is 4.79 Å². The molecule has 1 rings (SSSR count). The highest BCUT2D eigenvalue weighted by Gasteiger charge is 2.35. The Labute approximate surface area is 102 Å². The molecule has 4 nitrogen and oxygen atoms in total. The van der Waals surface area contributed by atoms with Crippen molar-refractivity contribution in [1.29, 1.82) is 0 Å². The Morgan fingerprint density at radius 1 is 1.56 bits per heavy atom. The van der Waals surface area contributed by atoms with Gasteiger partial charge in [0.1, 0.15) is 0 Å². The summed E-state index contributed by atoms with van der Waals surface area (Å²) in [5.41, 5.74) is -0.351. The lowest BCUT2D eigenvalue weighted by atomic mass is 9.99. The Hall–Kier alpha value is -0.260. The summed E-state index contributed by atoms with van der Waals surface area (Å²) in [6, 6.07) is 0. The standard InChI is InChI=1S/C11H22N2O2S/c1-11(4-2-5-13-11)10(15)12-6-9-16-8-3-7-14/h13-14H,2-9H2,1H3,(H,12,15). The summed E-state index contributed by atoms with van der Waals surface area (Å²) in [5.74, 6) is 2.00. The maximum absolute atomic E-state index is 11.8. The van der Waals surface area contributed by atoms with Crippen molar-refractivity contribution in [3.63, 3.8) is 0 Å². The van der Waals surface area contributed by atoms with Gasteiger partial charge in [0.05, 0.1) is 5.54 Å². The van der Waals surface area contributed by atoms with Crippen LogP contribution in [0.3, 0.4) is 0 Å². The normalized spacial score (nSPS) is 24.6. The van der Waals surface area contributed by atoms with Gasteiger partial charge < -0.3 is 15.7 Å². The lowest BCUT2D eigenvalue weighted by molar-refractivity contribution is -0.126. The molecule has 0 aromatic heterocycles. The number of amides is 1. The third kappa shape index (κ3) is 4.31. The first-order chi connectivity index (χ1) is 7.69. The molecule has 1 amide bonds. The molecule has 1 fully saturated rings. The lowest BCUT2D eigenvalue weighted by Gasteiger charge is -2.22. The molecule has 0 bridgehead atoms. The molecule has 1 heterocycles. The zero-order valence-electron chi connectivity index (χ0n) is 9.92. The molecule has 1 aliphatic rings. The van der Waals surface area contributed by atoms with Crippen molar-refractivity contribution in [1.82, 2.24) is 10.6 Å². The van der Waals surface area contributed by atoms with Crippen LogP contribution in [0.25, 0.3) is 0 Å². The van der Waals surface area contributed by atoms with Crippen molar-refractivity contribution >= 4 is 17.7 Å². The fraction of sp³-hybridized carbons (Fsp3) is 0.909. The van der Waals surface area contributed by atoms with Gasteiger partial charge in [0, 0.05) is 18.9 Å². The molecule has 0 aromatic rings. The van der Waals surface area contributed by atoms with Crippen LogP contribution in [0.5, 0.6) is 0 Å². The highest BCUT2D eigenvalue weighted by molar-refractivity contribution is 7.99. The van der Waals surface area contributed by atoms with E-state index in [1.165, 1.54) is 0 Å². The average molecular weight is 246 g/mol. The SMILES string of the molecule is CC1(C(=O)NCCSCCCO)CCCN1. The smallest absolute Gasteiger partial charge is 0.240 e. The van der Waals surface area contributed by atoms with Crippen molar-refractivity contribution in [2.45, 2.75) is 31.7 Å². The molecule has 1 atom stereocenters. The predicted molar refractivity (Wildman–Crippen MR) is 67.7 cm³/mol. The number of carbonyl (C=O) groups excluding carboxylic acids is 1. The van der Waals surface area contributed by atoms with Gasteiger partial charge in [-0.25, -0.2) is 0 Å². The maximum atomic E-state index is 11.8. The first-order valence-corrected chi connectivity index (χ1v) is 7.06. The van der Waals surface area contributed by atoms with Gasteiger partial charge in [0.2, 0.25) is 5.91 Å². The molecule has 0 aromatic carbocycles. The van der Waals surface area contributed by atoms with Crippen LogP contribution in [0.15, 0.2) is 0 Å². The molecular weight excluding hydrogens is 224 g/mol. The number of hydrogen-bond donors (Lipinski definition) is 3. The van der Waals surface area contributed by atoms with E-state index in [1.54, 1.807) is 11.8 Å². The minimum atomic E-state index is -0.351. The van der Waals surface area contributed by atoms with Crippen LogP contribution in [0.1, 0.15) is 26.2 Å². The second-order valence-corrected chi connectivity index (χ2v) is 5.53. The van der Waals surface area contributed by atoms with E-state index >= 15 is 0 Å². The summed E-state index contributed by atoms with van der Waals surface area (Å²) >= 11 is 1.77. The summed E-state index contributed by atoms with van der Waals surface area (Å²) in [6.45, 7) is 3.87. The number of hydrogen-bond acceptors (Lipinski definition) is 4. The topological polar surface area (TPSA) is 61.4 Å². The van der Waals surface area contributed by atoms with Gasteiger partial charge in [-0.3, -0.25) is 4.79 Å². The van der Waals surface area contributed by atoms with E-state index in [1.807, 2.05) is 6.92 Å². The van der Waals surface area contributed by atoms with Gasteiger partial charge in [-0.05, 0) is 38.5 Å². The van der Waals surface area contributed by atoms with E-state index in [0.717, 1.165) is 37.3 Å². The summed E-state index contributed by atoms with van der Waals surface area (Å²) < 4.78 is 0. The van der Waals surface area contributed by atoms with E-state index in [4.69, 9.17) is 5.11 Å². The van der Waals surface area contributed by atoms with E-state index in [2.05, 4.69) is 10.6 Å². The fourth-order valence-corrected chi connectivity index (χ4v) is 2.57. The molecule has 0 radical (unpaired) electrons. The van der Waals surface area contributed by atoms with Crippen molar-refractivity contribution < 1.29 is 9.90 Å². The Kier molecular flexibility index (Phi) is 6.16. The first kappa shape index (κ1) is 13.8. The monoisotopic (exact) mass is 246 g/mol. The first-order valence-electron chi connectivity index (χ1n) is 5.91. The van der Waals surface area contributed by atoms with Gasteiger partial charge in [-0.15, -0.1) is 0 Å². The molecule has 0 saturated carbocycles. The number of thioether (sulfide) groups is 1. The van der Waals surface area contributed by atoms with Crippen molar-refractivity contribution in [2.24, 2.45) is 0 Å². The van der Waals surface area contributed by atoms with Crippen LogP contribution in [0.2, 0.25) is 0 Å². The summed E-state index contributed by atoms with van der Waals surface area (Å²) in [5, 5.41) is 14.8. The summed E-state index contributed by atoms with van der Waals surface area (Å²) in [7, 11) is 0. The number of carbonyl (C=O) groups is 1. The minimum Gasteiger partial charge on any atom is -0.396 e. The third-order valence-electron chi connectivity index (χ3n) is 2.85. The van der Waals surface area contributed by atoms with Crippen LogP contribution < -0.4 is 10.6 Å². The van der Waals surface area contributed by atoms with Crippen LogP contribution in [0, 0.1) is 0 Å². The van der Waals surface area contributed by atoms with Gasteiger partial charge in [-0.2, -0.15) is 11.8 Å². The molecule has 94 valence electrons. The van der Waals surface area contributed by atoms with Crippen LogP contribution in [0.4, 0.5) is 0 Å². The van der Waals surface area contributed by atoms with Crippen LogP contribution in [-0.4, -0.2) is 47.8 Å². The molecular formula is C11H22N2O2S. The van der Waals surface area contributed by atoms with Gasteiger partial charge in [0.15, 0.2) is 0 Å². The van der Waals surface area contributed by atoms with Crippen molar-refractivity contribution in [3.05, 3.63) is 0 Å². The average Bonchev–Trinajstić information content (AvgIpc) is 2.71. The summed E-state index contributed by atoms with van der Waals surface area (Å²) in [4.78, 5) is 11.8. The molecule has 0 aliphatic carbocycles. The van der Waals surface area contributed by atoms with E-state index in [0.29, 0.717) is 6.54 Å². The van der Waals surface area contributed by atoms with Crippen molar-refractivity contribution in [3.8, 4) is 0 Å². The second-order valence-electron chi connectivity index (χ2n) is 4.31. The number of aliphatic hydroxyl groups is 1. The zero-order chi connectivity index (χ0) is 11.9. The number of rotatable bonds is 7. The molecule has 1 unspecified atom stereocenters. The number of nitrogens with one attached hydrogen (secondary N) is 2. The predicted octanol–water partition coefficient (Wildman–Crippen LogP) is 0.360. The molecule has 1 saturated heterocycles. The Morgan fingerprint density at radius 2 is 2.38 bits per heavy atom. The maximum Gasteiger partial charge on any atom is 0.240 e. The highest BCUT2D eigenvalue weighted by Crippen LogP contribution is 2.18. The van der Waals surface area contributed by atoms with E-state index < -0.39 is 0 Å². The Bertz CT molecular complexity index is 218. The quantitative estimate of drug-likeness (QED) is 0.568. The lowest BCUT2D eigenvalue weighted by Crippen LogP contribution is -2.51. The molecule has 0 spiro atoms. The fourth-order valence-electron chi connectivity index (χ4n) is 1.79. The summed E-state index contributed by atoms with van der Waals surface area (Å²) in [6.07, 6.45) is 2.84. The van der Waals surface area contributed by atoms with Gasteiger partial charge >= 0.3 is 0 Å². The molecule has 3 N–H and O–H groups in total. The minimum absolute atomic E-state index is 0.118. The van der Waals surface area contributed by atoms with Crippen molar-refractivity contribution in [2.75, 3.05) is 31.2 Å². The third-order valence-corrected chi connectivity index (χ3v) is 3.92. The van der Waals surface area contributed by atoms with E-state index in [-0.39, 0.29) is 18.1 Å². The second kappa shape index (κ2) is 7.14. The molecule has 5 heteroatoms. The largest absolute Gasteiger partial charge is 0.396 e. The Balaban J connectivity index is 2.06. The highest BCUT2D eigenvalue weighted by atomic mass is 32.2. The molecule has 16 heavy (non-hydrogen) atoms. The molecule has 1 aliphatic heterocycles.